The molecule has 0 saturated carbocycles. The summed E-state index contributed by atoms with van der Waals surface area (Å²) in [6.45, 7) is 8.12. The smallest absolute Gasteiger partial charge is 0.0492 e. The molecule has 2 unspecified atom stereocenters. The lowest BCUT2D eigenvalue weighted by Gasteiger charge is -2.20. The van der Waals surface area contributed by atoms with Crippen LogP contribution in [0.2, 0.25) is 0 Å². The average Bonchev–Trinajstić information content (AvgIpc) is 2.45. The Morgan fingerprint density at radius 1 is 1.50 bits per heavy atom. The van der Waals surface area contributed by atoms with Gasteiger partial charge in [0.1, 0.15) is 0 Å². The lowest BCUT2D eigenvalue weighted by atomic mass is 9.85. The Morgan fingerprint density at radius 2 is 2.29 bits per heavy atom. The average molecular weight is 192 g/mol. The molecule has 0 saturated heterocycles. The molecule has 0 aromatic carbocycles. The zero-order chi connectivity index (χ0) is 10.1. The van der Waals surface area contributed by atoms with E-state index in [4.69, 9.17) is 0 Å². The standard InChI is InChI=1S/C12H20N2/c1-9(2)11-6-10(3)8-14-12(7-11)4-5-13-14/h4-5,9-11H,6-8H2,1-3H3. The topological polar surface area (TPSA) is 17.8 Å². The van der Waals surface area contributed by atoms with Crippen LogP contribution >= 0.6 is 0 Å². The van der Waals surface area contributed by atoms with E-state index >= 15 is 0 Å². The van der Waals surface area contributed by atoms with Crippen LogP contribution in [-0.2, 0) is 13.0 Å². The maximum absolute atomic E-state index is 4.38. The maximum atomic E-state index is 4.38. The summed E-state index contributed by atoms with van der Waals surface area (Å²) >= 11 is 0. The van der Waals surface area contributed by atoms with Gasteiger partial charge in [-0.25, -0.2) is 0 Å². The molecular formula is C12H20N2. The minimum Gasteiger partial charge on any atom is -0.269 e. The Balaban J connectivity index is 2.22. The Labute approximate surface area is 86.3 Å². The molecule has 2 nitrogen and oxygen atoms in total. The first-order valence-corrected chi connectivity index (χ1v) is 5.67. The fourth-order valence-electron chi connectivity index (χ4n) is 2.44. The van der Waals surface area contributed by atoms with Gasteiger partial charge in [0.25, 0.3) is 0 Å². The van der Waals surface area contributed by atoms with Crippen LogP contribution in [0.15, 0.2) is 12.3 Å². The monoisotopic (exact) mass is 192 g/mol. The van der Waals surface area contributed by atoms with Crippen LogP contribution in [0.3, 0.4) is 0 Å². The van der Waals surface area contributed by atoms with Gasteiger partial charge in [-0.05, 0) is 36.7 Å². The van der Waals surface area contributed by atoms with Crippen molar-refractivity contribution >= 4 is 0 Å². The number of hydrogen-bond acceptors (Lipinski definition) is 1. The molecule has 1 aromatic rings. The SMILES string of the molecule is CC1CC(C(C)C)Cc2ccnn2C1. The van der Waals surface area contributed by atoms with Gasteiger partial charge in [0.05, 0.1) is 0 Å². The van der Waals surface area contributed by atoms with Gasteiger partial charge < -0.3 is 0 Å². The first kappa shape index (κ1) is 9.75. The van der Waals surface area contributed by atoms with E-state index in [0.29, 0.717) is 0 Å². The molecule has 2 heteroatoms. The fourth-order valence-corrected chi connectivity index (χ4v) is 2.44. The number of nitrogens with zero attached hydrogens (tertiary/aromatic N) is 2. The lowest BCUT2D eigenvalue weighted by Crippen LogP contribution is -2.13. The first-order valence-electron chi connectivity index (χ1n) is 5.67. The van der Waals surface area contributed by atoms with Gasteiger partial charge in [0.15, 0.2) is 0 Å². The van der Waals surface area contributed by atoms with Crippen LogP contribution in [0.25, 0.3) is 0 Å². The zero-order valence-corrected chi connectivity index (χ0v) is 9.40. The largest absolute Gasteiger partial charge is 0.269 e. The molecule has 0 amide bonds. The van der Waals surface area contributed by atoms with Crippen molar-refractivity contribution in [3.8, 4) is 0 Å². The second-order valence-corrected chi connectivity index (χ2v) is 5.05. The van der Waals surface area contributed by atoms with Crippen molar-refractivity contribution in [2.75, 3.05) is 0 Å². The zero-order valence-electron chi connectivity index (χ0n) is 9.40. The summed E-state index contributed by atoms with van der Waals surface area (Å²) in [5.41, 5.74) is 1.42. The van der Waals surface area contributed by atoms with Crippen LogP contribution in [0.4, 0.5) is 0 Å². The fraction of sp³-hybridized carbons (Fsp3) is 0.750. The third kappa shape index (κ3) is 1.84. The number of fused-ring (bicyclic) bond motifs is 1. The number of aromatic nitrogens is 2. The molecular weight excluding hydrogens is 172 g/mol. The van der Waals surface area contributed by atoms with Crippen molar-refractivity contribution in [1.82, 2.24) is 9.78 Å². The summed E-state index contributed by atoms with van der Waals surface area (Å²) in [5.74, 6) is 2.39. The first-order chi connectivity index (χ1) is 6.66. The van der Waals surface area contributed by atoms with Gasteiger partial charge in [-0.3, -0.25) is 4.68 Å². The van der Waals surface area contributed by atoms with E-state index in [2.05, 4.69) is 36.6 Å². The second kappa shape index (κ2) is 3.76. The van der Waals surface area contributed by atoms with Crippen LogP contribution < -0.4 is 0 Å². The quantitative estimate of drug-likeness (QED) is 0.669. The van der Waals surface area contributed by atoms with Crippen LogP contribution in [0, 0.1) is 17.8 Å². The lowest BCUT2D eigenvalue weighted by molar-refractivity contribution is 0.307. The van der Waals surface area contributed by atoms with E-state index in [1.165, 1.54) is 18.5 Å². The molecule has 1 aliphatic heterocycles. The van der Waals surface area contributed by atoms with E-state index in [9.17, 15) is 0 Å². The highest BCUT2D eigenvalue weighted by Gasteiger charge is 2.23. The predicted octanol–water partition coefficient (Wildman–Crippen LogP) is 2.74. The van der Waals surface area contributed by atoms with Crippen molar-refractivity contribution in [1.29, 1.82) is 0 Å². The molecule has 0 bridgehead atoms. The minimum atomic E-state index is 0.767. The van der Waals surface area contributed by atoms with E-state index in [1.807, 2.05) is 6.20 Å². The molecule has 1 aliphatic rings. The van der Waals surface area contributed by atoms with Crippen LogP contribution in [0.5, 0.6) is 0 Å². The summed E-state index contributed by atoms with van der Waals surface area (Å²) in [4.78, 5) is 0. The van der Waals surface area contributed by atoms with Crippen LogP contribution in [0.1, 0.15) is 32.9 Å². The molecule has 1 aromatic heterocycles. The second-order valence-electron chi connectivity index (χ2n) is 5.05. The summed E-state index contributed by atoms with van der Waals surface area (Å²) in [7, 11) is 0. The summed E-state index contributed by atoms with van der Waals surface area (Å²) in [5, 5.41) is 4.38. The molecule has 0 radical (unpaired) electrons. The maximum Gasteiger partial charge on any atom is 0.0492 e. The van der Waals surface area contributed by atoms with Crippen LogP contribution in [-0.4, -0.2) is 9.78 Å². The highest BCUT2D eigenvalue weighted by Crippen LogP contribution is 2.28. The van der Waals surface area contributed by atoms with E-state index in [-0.39, 0.29) is 0 Å². The van der Waals surface area contributed by atoms with Gasteiger partial charge in [-0.1, -0.05) is 20.8 Å². The number of rotatable bonds is 1. The molecule has 14 heavy (non-hydrogen) atoms. The van der Waals surface area contributed by atoms with E-state index < -0.39 is 0 Å². The molecule has 2 heterocycles. The van der Waals surface area contributed by atoms with Gasteiger partial charge in [0, 0.05) is 18.4 Å². The molecule has 78 valence electrons. The van der Waals surface area contributed by atoms with Crippen molar-refractivity contribution in [2.24, 2.45) is 17.8 Å². The summed E-state index contributed by atoms with van der Waals surface area (Å²) < 4.78 is 2.19. The van der Waals surface area contributed by atoms with E-state index in [1.54, 1.807) is 0 Å². The Hall–Kier alpha value is -0.790. The summed E-state index contributed by atoms with van der Waals surface area (Å²) in [6.07, 6.45) is 4.49. The third-order valence-corrected chi connectivity index (χ3v) is 3.41. The minimum absolute atomic E-state index is 0.767. The van der Waals surface area contributed by atoms with Gasteiger partial charge in [-0.2, -0.15) is 5.10 Å². The van der Waals surface area contributed by atoms with Crippen molar-refractivity contribution in [2.45, 2.75) is 40.2 Å². The molecule has 2 rings (SSSR count). The molecule has 0 aliphatic carbocycles. The highest BCUT2D eigenvalue weighted by molar-refractivity contribution is 5.03. The molecule has 0 spiro atoms. The predicted molar refractivity (Wildman–Crippen MR) is 58.0 cm³/mol. The summed E-state index contributed by atoms with van der Waals surface area (Å²) in [6, 6.07) is 2.17. The normalized spacial score (nSPS) is 27.4. The molecule has 0 fully saturated rings. The molecule has 0 N–H and O–H groups in total. The third-order valence-electron chi connectivity index (χ3n) is 3.41. The van der Waals surface area contributed by atoms with Gasteiger partial charge in [0.2, 0.25) is 0 Å². The Kier molecular flexibility index (Phi) is 2.62. The van der Waals surface area contributed by atoms with E-state index in [0.717, 1.165) is 24.3 Å². The van der Waals surface area contributed by atoms with Gasteiger partial charge >= 0.3 is 0 Å². The van der Waals surface area contributed by atoms with Crippen molar-refractivity contribution < 1.29 is 0 Å². The van der Waals surface area contributed by atoms with Gasteiger partial charge in [-0.15, -0.1) is 0 Å². The highest BCUT2D eigenvalue weighted by atomic mass is 15.3. The Bertz CT molecular complexity index is 301. The van der Waals surface area contributed by atoms with Crippen molar-refractivity contribution in [3.63, 3.8) is 0 Å². The van der Waals surface area contributed by atoms with Crippen molar-refractivity contribution in [3.05, 3.63) is 18.0 Å². The number of hydrogen-bond donors (Lipinski definition) is 0. The molecule has 2 atom stereocenters. The Morgan fingerprint density at radius 3 is 3.00 bits per heavy atom.